The molecule has 0 saturated heterocycles. The van der Waals surface area contributed by atoms with Gasteiger partial charge in [-0.25, -0.2) is 4.98 Å². The Morgan fingerprint density at radius 2 is 2.25 bits per heavy atom. The predicted octanol–water partition coefficient (Wildman–Crippen LogP) is 1.17. The van der Waals surface area contributed by atoms with E-state index in [4.69, 9.17) is 10.2 Å². The lowest BCUT2D eigenvalue weighted by atomic mass is 10.4. The molecule has 1 aromatic heterocycles. The molecule has 0 radical (unpaired) electrons. The number of aliphatic imine (C=N–C) groups is 1. The summed E-state index contributed by atoms with van der Waals surface area (Å²) in [6.07, 6.45) is 0. The smallest absolute Gasteiger partial charge is 0.216 e. The normalized spacial score (nSPS) is 12.1. The largest absolute Gasteiger partial charge is 0.444 e. The van der Waals surface area contributed by atoms with Crippen molar-refractivity contribution in [3.8, 4) is 0 Å². The second-order valence-electron chi connectivity index (χ2n) is 2.71. The summed E-state index contributed by atoms with van der Waals surface area (Å²) in [4.78, 5) is 8.14. The number of nitrogens with two attached hydrogens (primary N) is 1. The fourth-order valence-corrected chi connectivity index (χ4v) is 0.799. The zero-order valence-corrected chi connectivity index (χ0v) is 7.59. The first-order chi connectivity index (χ1) is 5.59. The van der Waals surface area contributed by atoms with Crippen LogP contribution in [0.5, 0.6) is 0 Å². The van der Waals surface area contributed by atoms with E-state index in [0.29, 0.717) is 18.3 Å². The van der Waals surface area contributed by atoms with Crippen LogP contribution in [0.1, 0.15) is 24.3 Å². The van der Waals surface area contributed by atoms with Crippen molar-refractivity contribution in [1.82, 2.24) is 4.98 Å². The van der Waals surface area contributed by atoms with Crippen molar-refractivity contribution in [2.75, 3.05) is 0 Å². The Labute approximate surface area is 71.5 Å². The Morgan fingerprint density at radius 1 is 1.58 bits per heavy atom. The van der Waals surface area contributed by atoms with Gasteiger partial charge in [0.1, 0.15) is 12.3 Å². The van der Waals surface area contributed by atoms with E-state index in [2.05, 4.69) is 9.98 Å². The van der Waals surface area contributed by atoms with E-state index >= 15 is 0 Å². The zero-order valence-electron chi connectivity index (χ0n) is 7.59. The highest BCUT2D eigenvalue weighted by Gasteiger charge is 2.03. The molecule has 1 rings (SSSR count). The first-order valence-electron chi connectivity index (χ1n) is 3.79. The molecule has 1 aromatic rings. The molecule has 0 aliphatic carbocycles. The average molecular weight is 167 g/mol. The summed E-state index contributed by atoms with van der Waals surface area (Å²) in [6, 6.07) is 0. The average Bonchev–Trinajstić information content (AvgIpc) is 2.28. The van der Waals surface area contributed by atoms with Crippen LogP contribution in [-0.4, -0.2) is 10.8 Å². The van der Waals surface area contributed by atoms with Crippen molar-refractivity contribution in [3.63, 3.8) is 0 Å². The molecule has 12 heavy (non-hydrogen) atoms. The van der Waals surface area contributed by atoms with Crippen LogP contribution in [0.25, 0.3) is 0 Å². The minimum Gasteiger partial charge on any atom is -0.444 e. The second kappa shape index (κ2) is 3.38. The van der Waals surface area contributed by atoms with Crippen molar-refractivity contribution in [3.05, 3.63) is 17.3 Å². The molecule has 0 fully saturated rings. The van der Waals surface area contributed by atoms with Crippen LogP contribution in [0.4, 0.5) is 0 Å². The number of amidine groups is 1. The Hall–Kier alpha value is -1.32. The van der Waals surface area contributed by atoms with E-state index in [1.165, 1.54) is 0 Å². The Kier molecular flexibility index (Phi) is 2.47. The molecule has 66 valence electrons. The fourth-order valence-electron chi connectivity index (χ4n) is 0.799. The van der Waals surface area contributed by atoms with Crippen LogP contribution in [0, 0.1) is 13.8 Å². The van der Waals surface area contributed by atoms with Gasteiger partial charge in [0.25, 0.3) is 0 Å². The third kappa shape index (κ3) is 2.08. The monoisotopic (exact) mass is 167 g/mol. The topological polar surface area (TPSA) is 64.4 Å². The van der Waals surface area contributed by atoms with Gasteiger partial charge in [-0.3, -0.25) is 4.99 Å². The van der Waals surface area contributed by atoms with Gasteiger partial charge in [-0.2, -0.15) is 0 Å². The van der Waals surface area contributed by atoms with Gasteiger partial charge in [-0.05, 0) is 20.8 Å². The van der Waals surface area contributed by atoms with Gasteiger partial charge in [0.05, 0.1) is 11.5 Å². The van der Waals surface area contributed by atoms with E-state index in [-0.39, 0.29) is 0 Å². The maximum absolute atomic E-state index is 5.37. The summed E-state index contributed by atoms with van der Waals surface area (Å²) in [7, 11) is 0. The van der Waals surface area contributed by atoms with E-state index in [0.717, 1.165) is 11.5 Å². The predicted molar refractivity (Wildman–Crippen MR) is 47.0 cm³/mol. The van der Waals surface area contributed by atoms with Gasteiger partial charge >= 0.3 is 0 Å². The first-order valence-corrected chi connectivity index (χ1v) is 3.79. The molecule has 0 saturated carbocycles. The van der Waals surface area contributed by atoms with Crippen LogP contribution in [0.15, 0.2) is 9.41 Å². The fraction of sp³-hybridized carbons (Fsp3) is 0.500. The van der Waals surface area contributed by atoms with Crippen molar-refractivity contribution in [2.45, 2.75) is 27.3 Å². The molecule has 0 aliphatic rings. The minimum absolute atomic E-state index is 0.428. The van der Waals surface area contributed by atoms with Gasteiger partial charge in [0.2, 0.25) is 5.89 Å². The molecule has 0 bridgehead atoms. The van der Waals surface area contributed by atoms with E-state index in [9.17, 15) is 0 Å². The number of hydrogen-bond acceptors (Lipinski definition) is 3. The maximum Gasteiger partial charge on any atom is 0.216 e. The standard InChI is InChI=1S/C8H13N3O/c1-5-6(2)12-8(11-5)4-10-7(3)9/h4H2,1-3H3,(H2,9,10). The summed E-state index contributed by atoms with van der Waals surface area (Å²) < 4.78 is 5.29. The highest BCUT2D eigenvalue weighted by Crippen LogP contribution is 2.08. The highest BCUT2D eigenvalue weighted by molar-refractivity contribution is 5.77. The number of hydrogen-bond donors (Lipinski definition) is 1. The number of oxazole rings is 1. The van der Waals surface area contributed by atoms with E-state index in [1.54, 1.807) is 6.92 Å². The molecule has 0 amide bonds. The minimum atomic E-state index is 0.428. The molecule has 0 unspecified atom stereocenters. The molecule has 0 spiro atoms. The summed E-state index contributed by atoms with van der Waals surface area (Å²) in [5.41, 5.74) is 6.28. The van der Waals surface area contributed by atoms with Gasteiger partial charge in [-0.15, -0.1) is 0 Å². The highest BCUT2D eigenvalue weighted by atomic mass is 16.4. The molecular formula is C8H13N3O. The number of nitrogens with zero attached hydrogens (tertiary/aromatic N) is 2. The Morgan fingerprint density at radius 3 is 2.67 bits per heavy atom. The van der Waals surface area contributed by atoms with Gasteiger partial charge < -0.3 is 10.2 Å². The third-order valence-corrected chi connectivity index (χ3v) is 1.54. The van der Waals surface area contributed by atoms with Crippen LogP contribution in [0.2, 0.25) is 0 Å². The third-order valence-electron chi connectivity index (χ3n) is 1.54. The van der Waals surface area contributed by atoms with Crippen LogP contribution in [-0.2, 0) is 6.54 Å². The zero-order chi connectivity index (χ0) is 9.14. The van der Waals surface area contributed by atoms with Gasteiger partial charge in [0, 0.05) is 0 Å². The lowest BCUT2D eigenvalue weighted by Crippen LogP contribution is -2.05. The lowest BCUT2D eigenvalue weighted by molar-refractivity contribution is 0.473. The number of aromatic nitrogens is 1. The van der Waals surface area contributed by atoms with Crippen molar-refractivity contribution in [2.24, 2.45) is 10.7 Å². The summed E-state index contributed by atoms with van der Waals surface area (Å²) in [5, 5.41) is 0. The van der Waals surface area contributed by atoms with E-state index < -0.39 is 0 Å². The van der Waals surface area contributed by atoms with Crippen LogP contribution < -0.4 is 5.73 Å². The summed E-state index contributed by atoms with van der Waals surface area (Å²) >= 11 is 0. The summed E-state index contributed by atoms with van der Waals surface area (Å²) in [5.74, 6) is 2.01. The summed E-state index contributed by atoms with van der Waals surface area (Å²) in [6.45, 7) is 5.95. The van der Waals surface area contributed by atoms with Crippen molar-refractivity contribution < 1.29 is 4.42 Å². The van der Waals surface area contributed by atoms with Crippen molar-refractivity contribution in [1.29, 1.82) is 0 Å². The maximum atomic E-state index is 5.37. The molecular weight excluding hydrogens is 154 g/mol. The molecule has 4 nitrogen and oxygen atoms in total. The molecule has 0 aromatic carbocycles. The first kappa shape index (κ1) is 8.77. The quantitative estimate of drug-likeness (QED) is 0.531. The molecule has 2 N–H and O–H groups in total. The van der Waals surface area contributed by atoms with Crippen LogP contribution >= 0.6 is 0 Å². The Balaban J connectivity index is 2.71. The number of rotatable bonds is 2. The van der Waals surface area contributed by atoms with E-state index in [1.807, 2.05) is 13.8 Å². The van der Waals surface area contributed by atoms with Gasteiger partial charge in [0.15, 0.2) is 0 Å². The molecule has 1 heterocycles. The SMILES string of the molecule is CC(N)=NCc1nc(C)c(C)o1. The van der Waals surface area contributed by atoms with Crippen LogP contribution in [0.3, 0.4) is 0 Å². The molecule has 0 aliphatic heterocycles. The Bertz CT molecular complexity index is 278. The van der Waals surface area contributed by atoms with Crippen molar-refractivity contribution >= 4 is 5.84 Å². The second-order valence-corrected chi connectivity index (χ2v) is 2.71. The molecule has 4 heteroatoms. The molecule has 0 atom stereocenters. The van der Waals surface area contributed by atoms with Gasteiger partial charge in [-0.1, -0.05) is 0 Å². The lowest BCUT2D eigenvalue weighted by Gasteiger charge is -1.88. The number of aryl methyl sites for hydroxylation is 2.